The number of anilines is 1. The fourth-order valence-corrected chi connectivity index (χ4v) is 2.47. The molecule has 164 valence electrons. The minimum Gasteiger partial charge on any atom is -0.392 e. The van der Waals surface area contributed by atoms with Crippen LogP contribution in [0.4, 0.5) is 5.69 Å². The quantitative estimate of drug-likeness (QED) is 0.241. The highest BCUT2D eigenvalue weighted by atomic mass is 16.5. The predicted octanol–water partition coefficient (Wildman–Crippen LogP) is 1.75. The smallest absolute Gasteiger partial charge is 0.233 e. The molecular formula is C22H31N3O5. The summed E-state index contributed by atoms with van der Waals surface area (Å²) >= 11 is 0. The van der Waals surface area contributed by atoms with Crippen LogP contribution in [0.25, 0.3) is 0 Å². The summed E-state index contributed by atoms with van der Waals surface area (Å²) in [4.78, 5) is 46.5. The molecule has 0 aliphatic rings. The summed E-state index contributed by atoms with van der Waals surface area (Å²) in [7, 11) is 1.75. The molecule has 0 saturated heterocycles. The maximum absolute atomic E-state index is 12.0. The zero-order chi connectivity index (χ0) is 22.4. The van der Waals surface area contributed by atoms with Gasteiger partial charge in [0.25, 0.3) is 0 Å². The largest absolute Gasteiger partial charge is 0.392 e. The molecule has 1 aromatic rings. The molecule has 0 radical (unpaired) electrons. The number of allylic oxidation sites excluding steroid dienone is 2. The molecule has 0 heterocycles. The SMILES string of the molecule is CN/C(C)=C\C(=O)Cc1ccc(NC(=O)CC(=O)NCCOCCCC(C)=O)cc1. The first-order valence-corrected chi connectivity index (χ1v) is 9.91. The molecule has 0 aliphatic carbocycles. The summed E-state index contributed by atoms with van der Waals surface area (Å²) in [6.07, 6.45) is 2.67. The second kappa shape index (κ2) is 14.1. The Hall–Kier alpha value is -3.00. The third kappa shape index (κ3) is 11.8. The Kier molecular flexibility index (Phi) is 11.7. The third-order valence-electron chi connectivity index (χ3n) is 4.10. The summed E-state index contributed by atoms with van der Waals surface area (Å²) in [6, 6.07) is 6.92. The van der Waals surface area contributed by atoms with Crippen molar-refractivity contribution in [1.82, 2.24) is 10.6 Å². The van der Waals surface area contributed by atoms with Crippen LogP contribution in [-0.4, -0.2) is 50.2 Å². The maximum atomic E-state index is 12.0. The Labute approximate surface area is 177 Å². The van der Waals surface area contributed by atoms with E-state index in [1.807, 2.05) is 6.92 Å². The first kappa shape index (κ1) is 25.0. The number of Topliss-reactive ketones (excluding diaryl/α,β-unsaturated/α-hetero) is 1. The van der Waals surface area contributed by atoms with Crippen LogP contribution in [-0.2, 0) is 30.3 Å². The lowest BCUT2D eigenvalue weighted by Crippen LogP contribution is -2.30. The van der Waals surface area contributed by atoms with Crippen LogP contribution in [0, 0.1) is 0 Å². The van der Waals surface area contributed by atoms with Crippen LogP contribution < -0.4 is 16.0 Å². The molecule has 0 spiro atoms. The van der Waals surface area contributed by atoms with Gasteiger partial charge in [-0.1, -0.05) is 12.1 Å². The number of ether oxygens (including phenoxy) is 1. The first-order valence-electron chi connectivity index (χ1n) is 9.91. The molecule has 0 unspecified atom stereocenters. The van der Waals surface area contributed by atoms with Gasteiger partial charge in [0.15, 0.2) is 5.78 Å². The Morgan fingerprint density at radius 1 is 1.00 bits per heavy atom. The molecule has 1 aromatic carbocycles. The number of benzene rings is 1. The molecule has 0 atom stereocenters. The Balaban J connectivity index is 2.28. The van der Waals surface area contributed by atoms with Gasteiger partial charge in [-0.3, -0.25) is 14.4 Å². The molecule has 1 rings (SSSR count). The van der Waals surface area contributed by atoms with Gasteiger partial charge in [0.1, 0.15) is 12.2 Å². The molecular weight excluding hydrogens is 386 g/mol. The van der Waals surface area contributed by atoms with E-state index in [4.69, 9.17) is 4.74 Å². The maximum Gasteiger partial charge on any atom is 0.233 e. The van der Waals surface area contributed by atoms with Crippen molar-refractivity contribution in [2.45, 2.75) is 39.5 Å². The Morgan fingerprint density at radius 2 is 1.70 bits per heavy atom. The zero-order valence-corrected chi connectivity index (χ0v) is 17.9. The number of hydrogen-bond acceptors (Lipinski definition) is 6. The van der Waals surface area contributed by atoms with E-state index in [1.54, 1.807) is 37.4 Å². The highest BCUT2D eigenvalue weighted by Crippen LogP contribution is 2.11. The summed E-state index contributed by atoms with van der Waals surface area (Å²) in [6.45, 7) is 4.44. The normalized spacial score (nSPS) is 11.0. The zero-order valence-electron chi connectivity index (χ0n) is 17.9. The van der Waals surface area contributed by atoms with Crippen molar-refractivity contribution in [2.24, 2.45) is 0 Å². The molecule has 0 bridgehead atoms. The van der Waals surface area contributed by atoms with Crippen molar-refractivity contribution in [3.8, 4) is 0 Å². The molecule has 3 N–H and O–H groups in total. The minimum atomic E-state index is -0.425. The van der Waals surface area contributed by atoms with Gasteiger partial charge in [-0.25, -0.2) is 0 Å². The van der Waals surface area contributed by atoms with Crippen LogP contribution in [0.2, 0.25) is 0 Å². The molecule has 2 amide bonds. The molecule has 0 fully saturated rings. The van der Waals surface area contributed by atoms with Gasteiger partial charge in [-0.15, -0.1) is 0 Å². The minimum absolute atomic E-state index is 0.0156. The first-order chi connectivity index (χ1) is 14.3. The fraction of sp³-hybridized carbons (Fsp3) is 0.455. The molecule has 8 heteroatoms. The van der Waals surface area contributed by atoms with E-state index in [-0.39, 0.29) is 24.4 Å². The Bertz CT molecular complexity index is 757. The topological polar surface area (TPSA) is 114 Å². The lowest BCUT2D eigenvalue weighted by atomic mass is 10.1. The number of nitrogens with one attached hydrogen (secondary N) is 3. The third-order valence-corrected chi connectivity index (χ3v) is 4.10. The van der Waals surface area contributed by atoms with E-state index in [2.05, 4.69) is 16.0 Å². The van der Waals surface area contributed by atoms with Gasteiger partial charge in [0.2, 0.25) is 11.8 Å². The van der Waals surface area contributed by atoms with E-state index < -0.39 is 11.8 Å². The number of carbonyl (C=O) groups is 4. The monoisotopic (exact) mass is 417 g/mol. The van der Waals surface area contributed by atoms with Crippen molar-refractivity contribution in [3.05, 3.63) is 41.6 Å². The fourth-order valence-electron chi connectivity index (χ4n) is 2.47. The molecule has 8 nitrogen and oxygen atoms in total. The van der Waals surface area contributed by atoms with Crippen LogP contribution in [0.15, 0.2) is 36.0 Å². The van der Waals surface area contributed by atoms with Gasteiger partial charge in [0.05, 0.1) is 6.61 Å². The summed E-state index contributed by atoms with van der Waals surface area (Å²) in [5.74, 6) is -0.712. The average molecular weight is 418 g/mol. The van der Waals surface area contributed by atoms with Crippen molar-refractivity contribution >= 4 is 29.1 Å². The summed E-state index contributed by atoms with van der Waals surface area (Å²) in [5, 5.41) is 8.16. The highest BCUT2D eigenvalue weighted by Gasteiger charge is 2.09. The van der Waals surface area contributed by atoms with Crippen LogP contribution >= 0.6 is 0 Å². The van der Waals surface area contributed by atoms with Crippen LogP contribution in [0.1, 0.15) is 38.7 Å². The van der Waals surface area contributed by atoms with E-state index in [0.29, 0.717) is 38.3 Å². The molecule has 0 saturated carbocycles. The number of carbonyl (C=O) groups excluding carboxylic acids is 4. The number of rotatable bonds is 14. The van der Waals surface area contributed by atoms with Crippen molar-refractivity contribution in [2.75, 3.05) is 32.1 Å². The average Bonchev–Trinajstić information content (AvgIpc) is 2.68. The van der Waals surface area contributed by atoms with E-state index >= 15 is 0 Å². The van der Waals surface area contributed by atoms with Gasteiger partial charge in [-0.2, -0.15) is 0 Å². The van der Waals surface area contributed by atoms with Crippen LogP contribution in [0.5, 0.6) is 0 Å². The lowest BCUT2D eigenvalue weighted by Gasteiger charge is -2.08. The van der Waals surface area contributed by atoms with Gasteiger partial charge in [0, 0.05) is 50.5 Å². The van der Waals surface area contributed by atoms with Gasteiger partial charge < -0.3 is 25.5 Å². The van der Waals surface area contributed by atoms with Crippen molar-refractivity contribution < 1.29 is 23.9 Å². The molecule has 0 aliphatic heterocycles. The van der Waals surface area contributed by atoms with E-state index in [0.717, 1.165) is 11.3 Å². The number of ketones is 2. The molecule has 0 aromatic heterocycles. The lowest BCUT2D eigenvalue weighted by molar-refractivity contribution is -0.127. The second-order valence-corrected chi connectivity index (χ2v) is 6.91. The van der Waals surface area contributed by atoms with E-state index in [9.17, 15) is 19.2 Å². The standard InChI is InChI=1S/C22H31N3O5/c1-16(23-3)13-20(27)14-18-6-8-19(9-7-18)25-22(29)15-21(28)24-10-12-30-11-4-5-17(2)26/h6-9,13,23H,4-5,10-12,14-15H2,1-3H3,(H,24,28)(H,25,29)/b16-13-. The molecule has 30 heavy (non-hydrogen) atoms. The summed E-state index contributed by atoms with van der Waals surface area (Å²) < 4.78 is 5.30. The number of amides is 2. The predicted molar refractivity (Wildman–Crippen MR) is 115 cm³/mol. The van der Waals surface area contributed by atoms with Crippen molar-refractivity contribution in [3.63, 3.8) is 0 Å². The number of hydrogen-bond donors (Lipinski definition) is 3. The van der Waals surface area contributed by atoms with Crippen LogP contribution in [0.3, 0.4) is 0 Å². The van der Waals surface area contributed by atoms with E-state index in [1.165, 1.54) is 6.92 Å². The van der Waals surface area contributed by atoms with Gasteiger partial charge in [-0.05, 0) is 38.0 Å². The summed E-state index contributed by atoms with van der Waals surface area (Å²) in [5.41, 5.74) is 2.18. The Morgan fingerprint density at radius 3 is 2.33 bits per heavy atom. The second-order valence-electron chi connectivity index (χ2n) is 6.91. The highest BCUT2D eigenvalue weighted by molar-refractivity contribution is 6.03. The van der Waals surface area contributed by atoms with Gasteiger partial charge >= 0.3 is 0 Å². The van der Waals surface area contributed by atoms with Crippen molar-refractivity contribution in [1.29, 1.82) is 0 Å².